The molecule has 7 atom stereocenters. The zero-order valence-electron chi connectivity index (χ0n) is 16.9. The highest BCUT2D eigenvalue weighted by molar-refractivity contribution is 5.77. The van der Waals surface area contributed by atoms with Crippen LogP contribution in [0.25, 0.3) is 0 Å². The average Bonchev–Trinajstić information content (AvgIpc) is 2.80. The van der Waals surface area contributed by atoms with E-state index in [0.29, 0.717) is 30.2 Å². The molecule has 0 aromatic heterocycles. The van der Waals surface area contributed by atoms with Crippen molar-refractivity contribution in [3.8, 4) is 0 Å². The normalized spacial score (nSPS) is 41.5. The second-order valence-corrected chi connectivity index (χ2v) is 8.57. The molecule has 0 spiro atoms. The summed E-state index contributed by atoms with van der Waals surface area (Å²) in [6.45, 7) is 4.94. The van der Waals surface area contributed by atoms with E-state index >= 15 is 0 Å². The summed E-state index contributed by atoms with van der Waals surface area (Å²) >= 11 is 0. The zero-order chi connectivity index (χ0) is 19.4. The molecule has 156 valence electrons. The molecule has 0 radical (unpaired) electrons. The summed E-state index contributed by atoms with van der Waals surface area (Å²) in [5.41, 5.74) is 5.34. The summed E-state index contributed by atoms with van der Waals surface area (Å²) in [7, 11) is 1.53. The molecule has 7 nitrogen and oxygen atoms in total. The Hall–Kier alpha value is -0.730. The van der Waals surface area contributed by atoms with E-state index in [-0.39, 0.29) is 24.8 Å². The molecule has 2 saturated heterocycles. The Kier molecular flexibility index (Phi) is 7.14. The van der Waals surface area contributed by atoms with Crippen LogP contribution in [0.4, 0.5) is 0 Å². The molecule has 2 aliphatic heterocycles. The standard InChI is InChI=1S/C20H36N2O5/c1-13-15-7-4-6-14-9-10-20(2,27-24-3)26-19(18(14)15)25-16(13)8-5-11-22-17(23)12-21/h13-16,18-19H,4-12,21H2,1-3H3,(H,22,23). The zero-order valence-corrected chi connectivity index (χ0v) is 16.9. The lowest BCUT2D eigenvalue weighted by atomic mass is 9.63. The fourth-order valence-corrected chi connectivity index (χ4v) is 5.42. The molecule has 7 unspecified atom stereocenters. The first-order valence-corrected chi connectivity index (χ1v) is 10.5. The highest BCUT2D eigenvalue weighted by Crippen LogP contribution is 2.52. The predicted molar refractivity (Wildman–Crippen MR) is 100 cm³/mol. The fourth-order valence-electron chi connectivity index (χ4n) is 5.42. The van der Waals surface area contributed by atoms with Gasteiger partial charge in [0.05, 0.1) is 19.8 Å². The number of rotatable bonds is 7. The first kappa shape index (κ1) is 21.0. The van der Waals surface area contributed by atoms with Crippen molar-refractivity contribution in [3.05, 3.63) is 0 Å². The maximum absolute atomic E-state index is 11.3. The van der Waals surface area contributed by atoms with Crippen molar-refractivity contribution in [2.75, 3.05) is 20.2 Å². The molecular weight excluding hydrogens is 348 g/mol. The third kappa shape index (κ3) is 4.82. The van der Waals surface area contributed by atoms with Gasteiger partial charge in [-0.1, -0.05) is 13.3 Å². The van der Waals surface area contributed by atoms with Gasteiger partial charge >= 0.3 is 0 Å². The van der Waals surface area contributed by atoms with E-state index in [1.165, 1.54) is 26.4 Å². The minimum atomic E-state index is -0.762. The van der Waals surface area contributed by atoms with E-state index in [2.05, 4.69) is 12.2 Å². The Morgan fingerprint density at radius 3 is 2.89 bits per heavy atom. The van der Waals surface area contributed by atoms with E-state index < -0.39 is 5.79 Å². The number of nitrogens with two attached hydrogens (primary N) is 1. The van der Waals surface area contributed by atoms with Gasteiger partial charge in [-0.05, 0) is 56.8 Å². The Balaban J connectivity index is 1.66. The molecule has 3 rings (SSSR count). The molecule has 3 N–H and O–H groups in total. The predicted octanol–water partition coefficient (Wildman–Crippen LogP) is 2.34. The van der Waals surface area contributed by atoms with E-state index in [9.17, 15) is 4.79 Å². The molecule has 0 aromatic carbocycles. The Labute approximate surface area is 162 Å². The molecule has 1 saturated carbocycles. The Bertz CT molecular complexity index is 505. The molecule has 3 fully saturated rings. The molecule has 1 amide bonds. The van der Waals surface area contributed by atoms with Crippen LogP contribution in [0.2, 0.25) is 0 Å². The minimum absolute atomic E-state index is 0.0372. The fraction of sp³-hybridized carbons (Fsp3) is 0.950. The van der Waals surface area contributed by atoms with Crippen LogP contribution in [0.1, 0.15) is 58.8 Å². The lowest BCUT2D eigenvalue weighted by Crippen LogP contribution is -2.52. The van der Waals surface area contributed by atoms with Crippen molar-refractivity contribution in [2.45, 2.75) is 77.0 Å². The van der Waals surface area contributed by atoms with Crippen LogP contribution in [0.3, 0.4) is 0 Å². The third-order valence-electron chi connectivity index (χ3n) is 6.80. The van der Waals surface area contributed by atoms with Gasteiger partial charge in [-0.25, -0.2) is 9.78 Å². The van der Waals surface area contributed by atoms with Crippen molar-refractivity contribution in [2.24, 2.45) is 29.4 Å². The van der Waals surface area contributed by atoms with Crippen LogP contribution in [-0.2, 0) is 24.0 Å². The largest absolute Gasteiger partial charge is 0.355 e. The smallest absolute Gasteiger partial charge is 0.233 e. The Morgan fingerprint density at radius 1 is 1.33 bits per heavy atom. The van der Waals surface area contributed by atoms with Crippen LogP contribution in [0.5, 0.6) is 0 Å². The van der Waals surface area contributed by atoms with Gasteiger partial charge in [-0.2, -0.15) is 0 Å². The Morgan fingerprint density at radius 2 is 2.15 bits per heavy atom. The van der Waals surface area contributed by atoms with Gasteiger partial charge in [0.2, 0.25) is 11.7 Å². The van der Waals surface area contributed by atoms with Gasteiger partial charge in [-0.3, -0.25) is 4.79 Å². The van der Waals surface area contributed by atoms with Crippen LogP contribution in [-0.4, -0.2) is 44.3 Å². The highest BCUT2D eigenvalue weighted by atomic mass is 17.2. The summed E-state index contributed by atoms with van der Waals surface area (Å²) < 4.78 is 12.9. The van der Waals surface area contributed by atoms with Crippen molar-refractivity contribution in [1.29, 1.82) is 0 Å². The van der Waals surface area contributed by atoms with Gasteiger partial charge in [0.25, 0.3) is 0 Å². The van der Waals surface area contributed by atoms with Crippen LogP contribution >= 0.6 is 0 Å². The maximum Gasteiger partial charge on any atom is 0.233 e. The van der Waals surface area contributed by atoms with Crippen molar-refractivity contribution in [1.82, 2.24) is 5.32 Å². The van der Waals surface area contributed by atoms with Crippen molar-refractivity contribution < 1.29 is 24.0 Å². The number of carbonyl (C=O) groups excluding carboxylic acids is 1. The van der Waals surface area contributed by atoms with Gasteiger partial charge in [0.1, 0.15) is 0 Å². The lowest BCUT2D eigenvalue weighted by Gasteiger charge is -2.51. The third-order valence-corrected chi connectivity index (χ3v) is 6.80. The van der Waals surface area contributed by atoms with Gasteiger partial charge in [-0.15, -0.1) is 0 Å². The quantitative estimate of drug-likeness (QED) is 0.398. The van der Waals surface area contributed by atoms with Gasteiger partial charge < -0.3 is 20.5 Å². The minimum Gasteiger partial charge on any atom is -0.355 e. The highest BCUT2D eigenvalue weighted by Gasteiger charge is 2.52. The van der Waals surface area contributed by atoms with Crippen molar-refractivity contribution in [3.63, 3.8) is 0 Å². The average molecular weight is 385 g/mol. The molecular formula is C20H36N2O5. The van der Waals surface area contributed by atoms with E-state index in [4.69, 9.17) is 25.0 Å². The van der Waals surface area contributed by atoms with Gasteiger partial charge in [0.15, 0.2) is 6.29 Å². The number of ether oxygens (including phenoxy) is 2. The summed E-state index contributed by atoms with van der Waals surface area (Å²) in [4.78, 5) is 21.8. The van der Waals surface area contributed by atoms with Crippen molar-refractivity contribution >= 4 is 5.91 Å². The monoisotopic (exact) mass is 384 g/mol. The first-order chi connectivity index (χ1) is 13.0. The number of amides is 1. The van der Waals surface area contributed by atoms with E-state index in [1.54, 1.807) is 0 Å². The second kappa shape index (κ2) is 9.18. The topological polar surface area (TPSA) is 92.0 Å². The molecule has 0 bridgehead atoms. The molecule has 3 aliphatic rings. The molecule has 0 aromatic rings. The van der Waals surface area contributed by atoms with E-state index in [0.717, 1.165) is 25.7 Å². The summed E-state index contributed by atoms with van der Waals surface area (Å²) in [5.74, 6) is 1.31. The number of hydrogen-bond acceptors (Lipinski definition) is 6. The number of nitrogens with one attached hydrogen (secondary N) is 1. The first-order valence-electron chi connectivity index (χ1n) is 10.5. The molecule has 27 heavy (non-hydrogen) atoms. The summed E-state index contributed by atoms with van der Waals surface area (Å²) in [6.07, 6.45) is 7.34. The second-order valence-electron chi connectivity index (χ2n) is 8.57. The van der Waals surface area contributed by atoms with Gasteiger partial charge in [0, 0.05) is 18.9 Å². The number of hydrogen-bond donors (Lipinski definition) is 2. The van der Waals surface area contributed by atoms with E-state index in [1.807, 2.05) is 6.92 Å². The molecule has 1 aliphatic carbocycles. The maximum atomic E-state index is 11.3. The van der Waals surface area contributed by atoms with Crippen LogP contribution < -0.4 is 11.1 Å². The van der Waals surface area contributed by atoms with Crippen LogP contribution in [0, 0.1) is 23.7 Å². The molecule has 7 heteroatoms. The lowest BCUT2D eigenvalue weighted by molar-refractivity contribution is -0.444. The molecule has 2 heterocycles. The number of carbonyl (C=O) groups is 1. The summed E-state index contributed by atoms with van der Waals surface area (Å²) in [5, 5.41) is 2.84. The SMILES string of the molecule is COOC1(C)CCC2CCCC3C(C)C(CCCNC(=O)CN)OC(O1)C23. The van der Waals surface area contributed by atoms with Crippen LogP contribution in [0.15, 0.2) is 0 Å². The summed E-state index contributed by atoms with van der Waals surface area (Å²) in [6, 6.07) is 0.